The molecule has 3 aromatic heterocycles. The second-order valence-electron chi connectivity index (χ2n) is 5.72. The van der Waals surface area contributed by atoms with Crippen LogP contribution in [0.1, 0.15) is 36.0 Å². The van der Waals surface area contributed by atoms with Crippen molar-refractivity contribution in [2.24, 2.45) is 0 Å². The van der Waals surface area contributed by atoms with E-state index in [4.69, 9.17) is 4.52 Å². The van der Waals surface area contributed by atoms with E-state index in [1.165, 1.54) is 4.88 Å². The molecule has 0 aliphatic carbocycles. The van der Waals surface area contributed by atoms with E-state index in [0.29, 0.717) is 24.7 Å². The van der Waals surface area contributed by atoms with Gasteiger partial charge in [0.2, 0.25) is 5.89 Å². The lowest BCUT2D eigenvalue weighted by Gasteiger charge is -2.23. The van der Waals surface area contributed by atoms with Crippen LogP contribution >= 0.6 is 11.3 Å². The largest absolute Gasteiger partial charge is 0.391 e. The number of anilines is 1. The monoisotopic (exact) mass is 331 g/mol. The lowest BCUT2D eigenvalue weighted by molar-refractivity contribution is 0.191. The first-order valence-electron chi connectivity index (χ1n) is 7.64. The number of aromatic nitrogens is 4. The highest BCUT2D eigenvalue weighted by Gasteiger charge is 2.37. The van der Waals surface area contributed by atoms with Gasteiger partial charge < -0.3 is 14.5 Å². The van der Waals surface area contributed by atoms with E-state index >= 15 is 0 Å². The molecular formula is C15H17N5O2S. The van der Waals surface area contributed by atoms with E-state index in [1.807, 2.05) is 4.90 Å². The summed E-state index contributed by atoms with van der Waals surface area (Å²) in [5.74, 6) is 1.94. The Balaban J connectivity index is 1.80. The van der Waals surface area contributed by atoms with Crippen LogP contribution in [-0.4, -0.2) is 37.9 Å². The van der Waals surface area contributed by atoms with E-state index in [0.717, 1.165) is 22.5 Å². The molecule has 1 aliphatic heterocycles. The third-order valence-electron chi connectivity index (χ3n) is 4.09. The molecule has 1 saturated heterocycles. The van der Waals surface area contributed by atoms with Crippen LogP contribution in [-0.2, 0) is 6.42 Å². The normalized spacial score (nSPS) is 21.4. The van der Waals surface area contributed by atoms with E-state index in [1.54, 1.807) is 24.6 Å². The molecule has 0 bridgehead atoms. The number of aryl methyl sites for hydroxylation is 2. The fourth-order valence-electron chi connectivity index (χ4n) is 3.03. The molecule has 1 aliphatic rings. The van der Waals surface area contributed by atoms with E-state index < -0.39 is 6.10 Å². The van der Waals surface area contributed by atoms with Gasteiger partial charge in [0.05, 0.1) is 11.5 Å². The highest BCUT2D eigenvalue weighted by atomic mass is 32.1. The molecule has 1 fully saturated rings. The number of aliphatic hydroxyl groups excluding tert-OH is 1. The van der Waals surface area contributed by atoms with Crippen LogP contribution in [0.4, 0.5) is 5.82 Å². The molecule has 4 rings (SSSR count). The third-order valence-corrected chi connectivity index (χ3v) is 5.27. The van der Waals surface area contributed by atoms with E-state index in [9.17, 15) is 5.11 Å². The van der Waals surface area contributed by atoms with Crippen LogP contribution in [0, 0.1) is 6.92 Å². The van der Waals surface area contributed by atoms with Crippen molar-refractivity contribution in [3.05, 3.63) is 29.0 Å². The van der Waals surface area contributed by atoms with E-state index in [2.05, 4.69) is 33.1 Å². The van der Waals surface area contributed by atoms with Crippen LogP contribution in [0.25, 0.3) is 10.2 Å². The number of nitrogens with zero attached hydrogens (tertiary/aromatic N) is 5. The maximum Gasteiger partial charge on any atom is 0.249 e. The number of β-amino-alcohol motifs (C(OH)–C–C–N with tert-alkyl or cyclic N) is 1. The zero-order valence-electron chi connectivity index (χ0n) is 12.9. The molecule has 0 aromatic carbocycles. The Morgan fingerprint density at radius 2 is 2.30 bits per heavy atom. The Bertz CT molecular complexity index is 845. The number of hydrogen-bond acceptors (Lipinski definition) is 8. The minimum atomic E-state index is -0.443. The van der Waals surface area contributed by atoms with Gasteiger partial charge in [0.1, 0.15) is 23.0 Å². The van der Waals surface area contributed by atoms with Gasteiger partial charge in [-0.2, -0.15) is 4.98 Å². The molecule has 23 heavy (non-hydrogen) atoms. The average molecular weight is 331 g/mol. The van der Waals surface area contributed by atoms with Crippen LogP contribution in [0.2, 0.25) is 0 Å². The molecule has 4 heterocycles. The summed E-state index contributed by atoms with van der Waals surface area (Å²) in [5.41, 5.74) is 0. The van der Waals surface area contributed by atoms with Crippen LogP contribution in [0.3, 0.4) is 0 Å². The number of fused-ring (bicyclic) bond motifs is 1. The second-order valence-corrected chi connectivity index (χ2v) is 6.84. The Morgan fingerprint density at radius 1 is 1.43 bits per heavy atom. The highest BCUT2D eigenvalue weighted by Crippen LogP contribution is 2.39. The lowest BCUT2D eigenvalue weighted by Crippen LogP contribution is -2.25. The zero-order chi connectivity index (χ0) is 16.0. The summed E-state index contributed by atoms with van der Waals surface area (Å²) in [7, 11) is 0. The van der Waals surface area contributed by atoms with Crippen molar-refractivity contribution in [2.75, 3.05) is 11.4 Å². The Hall–Kier alpha value is -2.06. The SMILES string of the molecule is CCc1cc2c(N3C[C@@H](O)C[C@@H]3c3nc(C)no3)ncnc2s1. The summed E-state index contributed by atoms with van der Waals surface area (Å²) in [4.78, 5) is 17.5. The number of aliphatic hydroxyl groups is 1. The molecule has 0 unspecified atom stereocenters. The predicted octanol–water partition coefficient (Wildman–Crippen LogP) is 2.26. The van der Waals surface area contributed by atoms with Crippen LogP contribution < -0.4 is 4.90 Å². The van der Waals surface area contributed by atoms with Crippen molar-refractivity contribution in [3.8, 4) is 0 Å². The topological polar surface area (TPSA) is 88.2 Å². The molecule has 1 N–H and O–H groups in total. The minimum absolute atomic E-state index is 0.158. The molecule has 3 aromatic rings. The standard InChI is InChI=1S/C15H17N5O2S/c1-3-10-5-11-13(16-7-17-15(11)23-10)20-6-9(21)4-12(20)14-18-8(2)19-22-14/h5,7,9,12,21H,3-4,6H2,1-2H3/t9-,12+/m0/s1. The molecule has 0 spiro atoms. The van der Waals surface area contributed by atoms with Gasteiger partial charge in [0.25, 0.3) is 0 Å². The van der Waals surface area contributed by atoms with Gasteiger partial charge in [-0.15, -0.1) is 11.3 Å². The van der Waals surface area contributed by atoms with Gasteiger partial charge in [-0.25, -0.2) is 9.97 Å². The first-order valence-corrected chi connectivity index (χ1v) is 8.45. The van der Waals surface area contributed by atoms with Crippen molar-refractivity contribution in [2.45, 2.75) is 38.8 Å². The lowest BCUT2D eigenvalue weighted by atomic mass is 10.2. The molecule has 7 nitrogen and oxygen atoms in total. The maximum atomic E-state index is 10.2. The van der Waals surface area contributed by atoms with Crippen molar-refractivity contribution >= 4 is 27.4 Å². The quantitative estimate of drug-likeness (QED) is 0.787. The van der Waals surface area contributed by atoms with Crippen LogP contribution in [0.5, 0.6) is 0 Å². The highest BCUT2D eigenvalue weighted by molar-refractivity contribution is 7.18. The predicted molar refractivity (Wildman–Crippen MR) is 86.5 cm³/mol. The Morgan fingerprint density at radius 3 is 3.04 bits per heavy atom. The first-order chi connectivity index (χ1) is 11.2. The fraction of sp³-hybridized carbons (Fsp3) is 0.467. The Kier molecular flexibility index (Phi) is 3.50. The first kappa shape index (κ1) is 14.5. The summed E-state index contributed by atoms with van der Waals surface area (Å²) in [6, 6.07) is 1.98. The molecule has 2 atom stereocenters. The average Bonchev–Trinajstić information content (AvgIpc) is 3.23. The van der Waals surface area contributed by atoms with E-state index in [-0.39, 0.29) is 6.04 Å². The number of thiophene rings is 1. The summed E-state index contributed by atoms with van der Waals surface area (Å²) in [6.45, 7) is 4.41. The number of rotatable bonds is 3. The van der Waals surface area contributed by atoms with Gasteiger partial charge in [0, 0.05) is 17.8 Å². The van der Waals surface area contributed by atoms with Crippen molar-refractivity contribution in [1.29, 1.82) is 0 Å². The number of hydrogen-bond donors (Lipinski definition) is 1. The summed E-state index contributed by atoms with van der Waals surface area (Å²) < 4.78 is 5.33. The van der Waals surface area contributed by atoms with Gasteiger partial charge in [-0.05, 0) is 19.4 Å². The molecule has 120 valence electrons. The summed E-state index contributed by atoms with van der Waals surface area (Å²) in [5, 5.41) is 15.0. The van der Waals surface area contributed by atoms with Gasteiger partial charge in [0.15, 0.2) is 5.82 Å². The van der Waals surface area contributed by atoms with Crippen molar-refractivity contribution in [1.82, 2.24) is 20.1 Å². The van der Waals surface area contributed by atoms with Gasteiger partial charge in [-0.1, -0.05) is 12.1 Å². The summed E-state index contributed by atoms with van der Waals surface area (Å²) >= 11 is 1.68. The molecule has 0 amide bonds. The smallest absolute Gasteiger partial charge is 0.249 e. The van der Waals surface area contributed by atoms with Gasteiger partial charge in [-0.3, -0.25) is 0 Å². The molecule has 0 radical (unpaired) electrons. The second kappa shape index (κ2) is 5.54. The minimum Gasteiger partial charge on any atom is -0.391 e. The maximum absolute atomic E-state index is 10.2. The summed E-state index contributed by atoms with van der Waals surface area (Å²) in [6.07, 6.45) is 2.66. The molecule has 8 heteroatoms. The molecular weight excluding hydrogens is 314 g/mol. The van der Waals surface area contributed by atoms with Crippen molar-refractivity contribution in [3.63, 3.8) is 0 Å². The van der Waals surface area contributed by atoms with Crippen molar-refractivity contribution < 1.29 is 9.63 Å². The van der Waals surface area contributed by atoms with Crippen LogP contribution in [0.15, 0.2) is 16.9 Å². The van der Waals surface area contributed by atoms with Gasteiger partial charge >= 0.3 is 0 Å². The third kappa shape index (κ3) is 2.47. The molecule has 0 saturated carbocycles. The Labute approximate surface area is 137 Å². The fourth-order valence-corrected chi connectivity index (χ4v) is 3.96. The zero-order valence-corrected chi connectivity index (χ0v) is 13.7.